The third-order valence-corrected chi connectivity index (χ3v) is 4.09. The van der Waals surface area contributed by atoms with Crippen LogP contribution >= 0.6 is 46.4 Å². The van der Waals surface area contributed by atoms with E-state index in [0.717, 1.165) is 5.56 Å². The van der Waals surface area contributed by atoms with Gasteiger partial charge in [0, 0.05) is 22.2 Å². The maximum atomic E-state index is 7.35. The highest BCUT2D eigenvalue weighted by atomic mass is 35.5. The molecule has 0 aliphatic carbocycles. The predicted molar refractivity (Wildman–Crippen MR) is 88.3 cm³/mol. The Morgan fingerprint density at radius 2 is 1.62 bits per heavy atom. The molecule has 0 bridgehead atoms. The summed E-state index contributed by atoms with van der Waals surface area (Å²) in [5.74, 6) is 0.370. The Kier molecular flexibility index (Phi) is 5.22. The molecule has 110 valence electrons. The van der Waals surface area contributed by atoms with Gasteiger partial charge in [0.15, 0.2) is 0 Å². The van der Waals surface area contributed by atoms with Crippen LogP contribution in [-0.4, -0.2) is 5.84 Å². The van der Waals surface area contributed by atoms with Gasteiger partial charge in [-0.25, -0.2) is 0 Å². The zero-order valence-corrected chi connectivity index (χ0v) is 13.6. The highest BCUT2D eigenvalue weighted by Crippen LogP contribution is 2.34. The summed E-state index contributed by atoms with van der Waals surface area (Å²) < 4.78 is 5.60. The zero-order valence-electron chi connectivity index (χ0n) is 10.6. The third-order valence-electron chi connectivity index (χ3n) is 2.72. The van der Waals surface area contributed by atoms with E-state index in [-0.39, 0.29) is 12.4 Å². The number of benzene rings is 2. The number of rotatable bonds is 4. The van der Waals surface area contributed by atoms with Crippen LogP contribution in [0, 0.1) is 5.41 Å². The van der Waals surface area contributed by atoms with Gasteiger partial charge in [0.1, 0.15) is 18.2 Å². The molecule has 0 aliphatic rings. The van der Waals surface area contributed by atoms with Crippen molar-refractivity contribution >= 4 is 52.2 Å². The number of halogens is 4. The first kappa shape index (κ1) is 16.2. The van der Waals surface area contributed by atoms with E-state index in [2.05, 4.69) is 0 Å². The molecule has 0 spiro atoms. The molecule has 0 aliphatic heterocycles. The van der Waals surface area contributed by atoms with Gasteiger partial charge in [-0.05, 0) is 12.1 Å². The van der Waals surface area contributed by atoms with Gasteiger partial charge in [0.2, 0.25) is 0 Å². The van der Waals surface area contributed by atoms with Crippen molar-refractivity contribution in [2.24, 2.45) is 5.73 Å². The Morgan fingerprint density at radius 3 is 2.24 bits per heavy atom. The number of amidine groups is 1. The molecule has 2 aromatic carbocycles. The van der Waals surface area contributed by atoms with Gasteiger partial charge in [0.25, 0.3) is 0 Å². The molecule has 0 heterocycles. The van der Waals surface area contributed by atoms with Crippen molar-refractivity contribution in [3.63, 3.8) is 0 Å². The Hall–Kier alpha value is -1.13. The fourth-order valence-corrected chi connectivity index (χ4v) is 2.43. The Labute approximate surface area is 142 Å². The van der Waals surface area contributed by atoms with Crippen molar-refractivity contribution < 1.29 is 4.74 Å². The molecule has 0 radical (unpaired) electrons. The minimum atomic E-state index is -0.0445. The molecule has 7 heteroatoms. The van der Waals surface area contributed by atoms with Crippen molar-refractivity contribution in [3.8, 4) is 5.75 Å². The lowest BCUT2D eigenvalue weighted by Gasteiger charge is -2.11. The summed E-state index contributed by atoms with van der Waals surface area (Å²) in [4.78, 5) is 0. The van der Waals surface area contributed by atoms with Crippen molar-refractivity contribution in [2.75, 3.05) is 0 Å². The second-order valence-electron chi connectivity index (χ2n) is 4.21. The molecular formula is C14H10Cl4N2O. The normalized spacial score (nSPS) is 10.5. The minimum Gasteiger partial charge on any atom is -0.487 e. The molecule has 0 atom stereocenters. The first-order valence-corrected chi connectivity index (χ1v) is 7.30. The summed E-state index contributed by atoms with van der Waals surface area (Å²) in [5.41, 5.74) is 6.69. The highest BCUT2D eigenvalue weighted by Gasteiger charge is 2.09. The zero-order chi connectivity index (χ0) is 15.6. The lowest BCUT2D eigenvalue weighted by Crippen LogP contribution is -2.11. The lowest BCUT2D eigenvalue weighted by atomic mass is 10.1. The number of nitrogens with two attached hydrogens (primary N) is 1. The van der Waals surface area contributed by atoms with E-state index in [1.807, 2.05) is 0 Å². The maximum Gasteiger partial charge on any atom is 0.139 e. The highest BCUT2D eigenvalue weighted by molar-refractivity contribution is 6.43. The molecule has 0 aromatic heterocycles. The van der Waals surface area contributed by atoms with E-state index in [1.54, 1.807) is 24.3 Å². The number of nitrogens with one attached hydrogen (secondary N) is 1. The number of nitrogen functional groups attached to an aromatic ring is 1. The molecule has 0 saturated carbocycles. The van der Waals surface area contributed by atoms with Crippen molar-refractivity contribution in [1.82, 2.24) is 0 Å². The van der Waals surface area contributed by atoms with Crippen LogP contribution in [-0.2, 0) is 6.61 Å². The summed E-state index contributed by atoms with van der Waals surface area (Å²) in [6, 6.07) is 8.11. The van der Waals surface area contributed by atoms with E-state index in [9.17, 15) is 0 Å². The molecule has 2 aromatic rings. The Balaban J connectivity index is 2.17. The molecule has 3 N–H and O–H groups in total. The monoisotopic (exact) mass is 362 g/mol. The number of hydrogen-bond donors (Lipinski definition) is 2. The minimum absolute atomic E-state index is 0.0445. The second kappa shape index (κ2) is 6.75. The van der Waals surface area contributed by atoms with Gasteiger partial charge in [-0.15, -0.1) is 0 Å². The average molecular weight is 364 g/mol. The van der Waals surface area contributed by atoms with E-state index in [4.69, 9.17) is 62.3 Å². The first-order chi connectivity index (χ1) is 9.88. The van der Waals surface area contributed by atoms with Crippen molar-refractivity contribution in [1.29, 1.82) is 5.41 Å². The number of ether oxygens (including phenoxy) is 1. The van der Waals surface area contributed by atoms with Gasteiger partial charge in [-0.1, -0.05) is 58.5 Å². The van der Waals surface area contributed by atoms with Crippen LogP contribution in [0.5, 0.6) is 5.75 Å². The van der Waals surface area contributed by atoms with Gasteiger partial charge in [0.05, 0.1) is 15.1 Å². The van der Waals surface area contributed by atoms with Gasteiger partial charge in [-0.3, -0.25) is 5.41 Å². The van der Waals surface area contributed by atoms with E-state index < -0.39 is 0 Å². The first-order valence-electron chi connectivity index (χ1n) is 5.78. The fourth-order valence-electron chi connectivity index (χ4n) is 1.60. The summed E-state index contributed by atoms with van der Waals surface area (Å²) in [6.07, 6.45) is 0. The summed E-state index contributed by atoms with van der Waals surface area (Å²) in [6.45, 7) is 0.203. The maximum absolute atomic E-state index is 7.35. The Morgan fingerprint density at radius 1 is 0.952 bits per heavy atom. The largest absolute Gasteiger partial charge is 0.487 e. The van der Waals surface area contributed by atoms with E-state index >= 15 is 0 Å². The van der Waals surface area contributed by atoms with Crippen LogP contribution in [0.1, 0.15) is 11.1 Å². The van der Waals surface area contributed by atoms with Crippen LogP contribution in [0.25, 0.3) is 0 Å². The van der Waals surface area contributed by atoms with Gasteiger partial charge in [-0.2, -0.15) is 0 Å². The van der Waals surface area contributed by atoms with Crippen LogP contribution in [0.4, 0.5) is 0 Å². The van der Waals surface area contributed by atoms with Crippen LogP contribution in [0.3, 0.4) is 0 Å². The molecule has 2 rings (SSSR count). The summed E-state index contributed by atoms with van der Waals surface area (Å²) >= 11 is 23.9. The predicted octanol–water partition coefficient (Wildman–Crippen LogP) is 5.16. The van der Waals surface area contributed by atoms with Crippen LogP contribution in [0.2, 0.25) is 20.1 Å². The number of hydrogen-bond acceptors (Lipinski definition) is 2. The fraction of sp³-hybridized carbons (Fsp3) is 0.0714. The summed E-state index contributed by atoms with van der Waals surface area (Å²) in [7, 11) is 0. The molecular weight excluding hydrogens is 354 g/mol. The smallest absolute Gasteiger partial charge is 0.139 e. The molecule has 3 nitrogen and oxygen atoms in total. The SMILES string of the molecule is N=C(N)c1ccc(COc2cc(Cl)c(Cl)cc2Cl)c(Cl)c1. The average Bonchev–Trinajstić information content (AvgIpc) is 2.42. The lowest BCUT2D eigenvalue weighted by molar-refractivity contribution is 0.306. The summed E-state index contributed by atoms with van der Waals surface area (Å²) in [5, 5.41) is 8.89. The van der Waals surface area contributed by atoms with Gasteiger partial charge >= 0.3 is 0 Å². The van der Waals surface area contributed by atoms with Crippen molar-refractivity contribution in [2.45, 2.75) is 6.61 Å². The quantitative estimate of drug-likeness (QED) is 0.447. The Bertz CT molecular complexity index is 704. The van der Waals surface area contributed by atoms with Gasteiger partial charge < -0.3 is 10.5 Å². The second-order valence-corrected chi connectivity index (χ2v) is 5.83. The van der Waals surface area contributed by atoms with E-state index in [0.29, 0.717) is 31.4 Å². The topological polar surface area (TPSA) is 59.1 Å². The molecule has 21 heavy (non-hydrogen) atoms. The van der Waals surface area contributed by atoms with E-state index in [1.165, 1.54) is 6.07 Å². The molecule has 0 unspecified atom stereocenters. The van der Waals surface area contributed by atoms with Crippen molar-refractivity contribution in [3.05, 3.63) is 61.5 Å². The van der Waals surface area contributed by atoms with Crippen LogP contribution < -0.4 is 10.5 Å². The standard InChI is InChI=1S/C14H10Cl4N2O/c15-9-3-7(14(19)20)1-2-8(9)6-21-13-5-11(17)10(16)4-12(13)18/h1-5H,6H2,(H3,19,20). The molecule has 0 amide bonds. The molecule has 0 fully saturated rings. The molecule has 0 saturated heterocycles. The van der Waals surface area contributed by atoms with Crippen LogP contribution in [0.15, 0.2) is 30.3 Å². The third kappa shape index (κ3) is 3.95.